The molecule has 0 aliphatic heterocycles. The number of carboxylic acid groups (broad SMARTS) is 2. The molecule has 0 bridgehead atoms. The van der Waals surface area contributed by atoms with E-state index in [9.17, 15) is 43.2 Å². The molecule has 5 aromatic rings. The van der Waals surface area contributed by atoms with Crippen molar-refractivity contribution in [3.63, 3.8) is 0 Å². The van der Waals surface area contributed by atoms with E-state index in [1.807, 2.05) is 60.7 Å². The minimum absolute atomic E-state index is 0.0769. The first kappa shape index (κ1) is 44.0. The number of amidine groups is 1. The zero-order valence-corrected chi connectivity index (χ0v) is 31.0. The van der Waals surface area contributed by atoms with Gasteiger partial charge in [-0.25, -0.2) is 26.4 Å². The van der Waals surface area contributed by atoms with Crippen LogP contribution < -0.4 is 9.44 Å². The van der Waals surface area contributed by atoms with E-state index in [1.54, 1.807) is 30.5 Å². The Morgan fingerprint density at radius 1 is 0.655 bits per heavy atom. The van der Waals surface area contributed by atoms with Crippen molar-refractivity contribution in [2.24, 2.45) is 5.73 Å². The number of carboxylic acids is 2. The molecule has 0 radical (unpaired) electrons. The molecule has 5 rings (SSSR count). The lowest BCUT2D eigenvalue weighted by Gasteiger charge is -2.24. The summed E-state index contributed by atoms with van der Waals surface area (Å²) < 4.78 is 121. The number of thiophene rings is 1. The summed E-state index contributed by atoms with van der Waals surface area (Å²) in [6.07, 6.45) is -8.46. The fraction of sp³-hybridized carbons (Fsp3) is 0.0882. The number of sulfonamides is 2. The molecule has 55 heavy (non-hydrogen) atoms. The number of benzene rings is 4. The van der Waals surface area contributed by atoms with Crippen molar-refractivity contribution < 1.29 is 63.0 Å². The topological polar surface area (TPSA) is 196 Å². The molecule has 21 heteroatoms. The average molecular weight is 848 g/mol. The van der Waals surface area contributed by atoms with E-state index in [2.05, 4.69) is 0 Å². The lowest BCUT2D eigenvalue weighted by molar-refractivity contribution is -0.193. The van der Waals surface area contributed by atoms with Crippen LogP contribution in [-0.4, -0.2) is 63.4 Å². The highest BCUT2D eigenvalue weighted by atomic mass is 32.3. The summed E-state index contributed by atoms with van der Waals surface area (Å²) in [5.74, 6) is -5.80. The van der Waals surface area contributed by atoms with E-state index in [1.165, 1.54) is 42.1 Å². The van der Waals surface area contributed by atoms with Crippen LogP contribution in [0.5, 0.6) is 0 Å². The third-order valence-electron chi connectivity index (χ3n) is 6.77. The standard InChI is InChI=1S/C30H25N3O4S4.2C2HF3O2/c1-38-30-27(20-28(39-30)29(31)32)33(40(34,35)25-16-12-23(13-17-25)21-8-4-2-5-9-21)41(36,37)26-18-14-24(15-19-26)22-10-6-3-7-11-22;2*3-2(4,5)1(6)7/h2-20H,1H3,(H3,31,32);2*(H,6,7). The maximum atomic E-state index is 14.2. The molecule has 1 heterocycles. The van der Waals surface area contributed by atoms with Crippen LogP contribution in [0.4, 0.5) is 32.0 Å². The van der Waals surface area contributed by atoms with Crippen LogP contribution in [0.15, 0.2) is 129 Å². The smallest absolute Gasteiger partial charge is 0.475 e. The van der Waals surface area contributed by atoms with E-state index in [0.717, 1.165) is 33.6 Å². The van der Waals surface area contributed by atoms with Gasteiger partial charge in [-0.1, -0.05) is 84.9 Å². The van der Waals surface area contributed by atoms with Gasteiger partial charge in [-0.3, -0.25) is 5.41 Å². The summed E-state index contributed by atoms with van der Waals surface area (Å²) in [6.45, 7) is 0. The molecule has 11 nitrogen and oxygen atoms in total. The van der Waals surface area contributed by atoms with Gasteiger partial charge in [-0.05, 0) is 58.8 Å². The molecule has 0 atom stereocenters. The van der Waals surface area contributed by atoms with Crippen LogP contribution in [0.1, 0.15) is 4.88 Å². The Hall–Kier alpha value is -5.38. The molecule has 0 saturated carbocycles. The van der Waals surface area contributed by atoms with Gasteiger partial charge < -0.3 is 15.9 Å². The van der Waals surface area contributed by atoms with Crippen molar-refractivity contribution in [3.05, 3.63) is 120 Å². The quantitative estimate of drug-likeness (QED) is 0.0489. The monoisotopic (exact) mass is 847 g/mol. The van der Waals surface area contributed by atoms with Crippen LogP contribution in [0.25, 0.3) is 22.3 Å². The maximum absolute atomic E-state index is 14.2. The number of hydrogen-bond donors (Lipinski definition) is 4. The van der Waals surface area contributed by atoms with Gasteiger partial charge in [0, 0.05) is 0 Å². The molecule has 1 aromatic heterocycles. The van der Waals surface area contributed by atoms with Crippen LogP contribution in [0, 0.1) is 5.41 Å². The van der Waals surface area contributed by atoms with Gasteiger partial charge in [0.1, 0.15) is 5.84 Å². The SMILES string of the molecule is CSc1sc(C(=N)N)cc1N(S(=O)(=O)c1ccc(-c2ccccc2)cc1)S(=O)(=O)c1ccc(-c2ccccc2)cc1.O=C(O)C(F)(F)F.O=C(O)C(F)(F)F. The summed E-state index contributed by atoms with van der Waals surface area (Å²) in [4.78, 5) is 17.7. The number of alkyl halides is 6. The molecular weight excluding hydrogens is 821 g/mol. The zero-order chi connectivity index (χ0) is 41.4. The first-order valence-electron chi connectivity index (χ1n) is 14.8. The molecule has 0 unspecified atom stereocenters. The molecule has 0 amide bonds. The van der Waals surface area contributed by atoms with Gasteiger partial charge in [0.2, 0.25) is 0 Å². The first-order valence-corrected chi connectivity index (χ1v) is 19.7. The molecular formula is C34H27F6N3O8S4. The number of aliphatic carboxylic acids is 2. The Bertz CT molecular complexity index is 2200. The number of nitrogen functional groups attached to an aromatic ring is 1. The summed E-state index contributed by atoms with van der Waals surface area (Å²) >= 11 is 2.24. The van der Waals surface area contributed by atoms with Gasteiger partial charge in [0.15, 0.2) is 0 Å². The van der Waals surface area contributed by atoms with E-state index < -0.39 is 44.3 Å². The van der Waals surface area contributed by atoms with Crippen molar-refractivity contribution in [1.82, 2.24) is 0 Å². The number of halogens is 6. The number of thioether (sulfide) groups is 1. The minimum atomic E-state index is -5.08. The Balaban J connectivity index is 0.000000494. The van der Waals surface area contributed by atoms with E-state index in [4.69, 9.17) is 30.9 Å². The van der Waals surface area contributed by atoms with Crippen molar-refractivity contribution in [2.45, 2.75) is 26.4 Å². The van der Waals surface area contributed by atoms with Gasteiger partial charge in [-0.2, -0.15) is 30.1 Å². The molecule has 0 aliphatic carbocycles. The highest BCUT2D eigenvalue weighted by Gasteiger charge is 2.40. The van der Waals surface area contributed by atoms with Crippen LogP contribution >= 0.6 is 23.1 Å². The molecule has 4 aromatic carbocycles. The fourth-order valence-electron chi connectivity index (χ4n) is 4.25. The number of nitrogens with one attached hydrogen (secondary N) is 1. The second kappa shape index (κ2) is 17.8. The van der Waals surface area contributed by atoms with Crippen molar-refractivity contribution in [2.75, 3.05) is 9.97 Å². The minimum Gasteiger partial charge on any atom is -0.475 e. The largest absolute Gasteiger partial charge is 0.490 e. The molecule has 292 valence electrons. The molecule has 0 spiro atoms. The average Bonchev–Trinajstić information content (AvgIpc) is 3.56. The van der Waals surface area contributed by atoms with Crippen molar-refractivity contribution in [3.8, 4) is 22.3 Å². The second-order valence-electron chi connectivity index (χ2n) is 10.5. The fourth-order valence-corrected chi connectivity index (χ4v) is 9.88. The normalized spacial score (nSPS) is 11.6. The van der Waals surface area contributed by atoms with E-state index in [0.29, 0.717) is 7.92 Å². The van der Waals surface area contributed by atoms with Crippen LogP contribution in [0.3, 0.4) is 0 Å². The van der Waals surface area contributed by atoms with Gasteiger partial charge in [-0.15, -0.1) is 23.1 Å². The lowest BCUT2D eigenvalue weighted by atomic mass is 10.1. The molecule has 0 fully saturated rings. The summed E-state index contributed by atoms with van der Waals surface area (Å²) in [6, 6.07) is 32.4. The zero-order valence-electron chi connectivity index (χ0n) is 27.7. The number of nitrogens with two attached hydrogens (primary N) is 1. The number of hydrogen-bond acceptors (Lipinski definition) is 9. The highest BCUT2D eigenvalue weighted by Crippen LogP contribution is 2.42. The van der Waals surface area contributed by atoms with E-state index >= 15 is 0 Å². The molecule has 5 N–H and O–H groups in total. The third-order valence-corrected chi connectivity index (χ3v) is 13.2. The predicted octanol–water partition coefficient (Wildman–Crippen LogP) is 7.94. The third kappa shape index (κ3) is 11.3. The van der Waals surface area contributed by atoms with Gasteiger partial charge in [0.05, 0.1) is 24.6 Å². The highest BCUT2D eigenvalue weighted by molar-refractivity contribution is 8.10. The first-order chi connectivity index (χ1) is 25.5. The maximum Gasteiger partial charge on any atom is 0.490 e. The van der Waals surface area contributed by atoms with Gasteiger partial charge in [0.25, 0.3) is 20.0 Å². The predicted molar refractivity (Wildman–Crippen MR) is 195 cm³/mol. The number of rotatable bonds is 9. The Kier molecular flexibility index (Phi) is 14.3. The Morgan fingerprint density at radius 3 is 1.24 bits per heavy atom. The van der Waals surface area contributed by atoms with E-state index in [-0.39, 0.29) is 26.2 Å². The summed E-state index contributed by atoms with van der Waals surface area (Å²) in [7, 11) is -9.28. The summed E-state index contributed by atoms with van der Waals surface area (Å²) in [5, 5.41) is 22.1. The van der Waals surface area contributed by atoms with Gasteiger partial charge >= 0.3 is 24.3 Å². The lowest BCUT2D eigenvalue weighted by Crippen LogP contribution is -2.37. The second-order valence-corrected chi connectivity index (χ2v) is 16.4. The Labute approximate surface area is 318 Å². The van der Waals surface area contributed by atoms with Crippen molar-refractivity contribution >= 4 is 66.6 Å². The Morgan fingerprint density at radius 2 is 0.964 bits per heavy atom. The van der Waals surface area contributed by atoms with Crippen LogP contribution in [0.2, 0.25) is 0 Å². The summed E-state index contributed by atoms with van der Waals surface area (Å²) in [5.41, 5.74) is 8.99. The molecule has 0 saturated heterocycles. The number of carbonyl (C=O) groups is 2. The number of anilines is 1. The number of nitrogens with zero attached hydrogens (tertiary/aromatic N) is 1. The van der Waals surface area contributed by atoms with Crippen molar-refractivity contribution in [1.29, 1.82) is 5.41 Å². The van der Waals surface area contributed by atoms with Crippen LogP contribution in [-0.2, 0) is 29.6 Å². The molecule has 0 aliphatic rings.